The number of hydrogen-bond acceptors (Lipinski definition) is 8. The Balaban J connectivity index is 1.43. The van der Waals surface area contributed by atoms with Gasteiger partial charge in [-0.05, 0) is 31.2 Å². The first-order valence-electron chi connectivity index (χ1n) is 11.1. The lowest BCUT2D eigenvalue weighted by Crippen LogP contribution is -2.52. The Morgan fingerprint density at radius 3 is 2.35 bits per heavy atom. The zero-order valence-corrected chi connectivity index (χ0v) is 19.4. The van der Waals surface area contributed by atoms with Crippen LogP contribution in [0.2, 0.25) is 0 Å². The standard InChI is InChI=1S/C25H27NO8/c1-4-32-24(29)33-17-7-5-16(6-8-17)23(28)26-11-9-25(10-12-26)15-19(27)22-20(31-3)13-18(30-2)14-21(22)34-25/h5-8,13-14H,4,9-12,15H2,1-3H3. The van der Waals surface area contributed by atoms with Crippen molar-refractivity contribution in [1.82, 2.24) is 4.90 Å². The number of carbonyl (C=O) groups excluding carboxylic acids is 3. The minimum Gasteiger partial charge on any atom is -0.496 e. The van der Waals surface area contributed by atoms with Gasteiger partial charge in [0.25, 0.3) is 5.91 Å². The number of ketones is 1. The van der Waals surface area contributed by atoms with Gasteiger partial charge >= 0.3 is 6.16 Å². The molecule has 4 rings (SSSR count). The molecular weight excluding hydrogens is 442 g/mol. The summed E-state index contributed by atoms with van der Waals surface area (Å²) in [6, 6.07) is 9.69. The predicted octanol–water partition coefficient (Wildman–Crippen LogP) is 3.88. The summed E-state index contributed by atoms with van der Waals surface area (Å²) in [6.07, 6.45) is 0.479. The average Bonchev–Trinajstić information content (AvgIpc) is 2.83. The fourth-order valence-electron chi connectivity index (χ4n) is 4.34. The van der Waals surface area contributed by atoms with E-state index >= 15 is 0 Å². The molecule has 1 fully saturated rings. The summed E-state index contributed by atoms with van der Waals surface area (Å²) in [5, 5.41) is 0. The number of rotatable bonds is 5. The smallest absolute Gasteiger partial charge is 0.496 e. The van der Waals surface area contributed by atoms with E-state index in [1.165, 1.54) is 7.11 Å². The molecule has 0 unspecified atom stereocenters. The monoisotopic (exact) mass is 469 g/mol. The van der Waals surface area contributed by atoms with Crippen LogP contribution < -0.4 is 18.9 Å². The zero-order chi connectivity index (χ0) is 24.3. The van der Waals surface area contributed by atoms with E-state index in [-0.39, 0.29) is 24.7 Å². The number of benzene rings is 2. The number of methoxy groups -OCH3 is 2. The molecule has 34 heavy (non-hydrogen) atoms. The molecule has 0 aromatic heterocycles. The highest BCUT2D eigenvalue weighted by molar-refractivity contribution is 6.03. The number of amides is 1. The molecular formula is C25H27NO8. The van der Waals surface area contributed by atoms with E-state index in [0.717, 1.165) is 0 Å². The summed E-state index contributed by atoms with van der Waals surface area (Å²) >= 11 is 0. The number of fused-ring (bicyclic) bond motifs is 1. The van der Waals surface area contributed by atoms with Gasteiger partial charge in [0.1, 0.15) is 34.2 Å². The van der Waals surface area contributed by atoms with Crippen molar-refractivity contribution in [2.45, 2.75) is 31.8 Å². The molecule has 180 valence electrons. The van der Waals surface area contributed by atoms with Crippen molar-refractivity contribution in [2.24, 2.45) is 0 Å². The van der Waals surface area contributed by atoms with Crippen LogP contribution in [0.4, 0.5) is 4.79 Å². The van der Waals surface area contributed by atoms with Gasteiger partial charge in [-0.1, -0.05) is 0 Å². The maximum absolute atomic E-state index is 13.0. The molecule has 9 heteroatoms. The third-order valence-corrected chi connectivity index (χ3v) is 6.11. The fraction of sp³-hybridized carbons (Fsp3) is 0.400. The van der Waals surface area contributed by atoms with E-state index < -0.39 is 11.8 Å². The minimum absolute atomic E-state index is 0.0438. The Labute approximate surface area is 197 Å². The van der Waals surface area contributed by atoms with Crippen molar-refractivity contribution >= 4 is 17.8 Å². The molecule has 9 nitrogen and oxygen atoms in total. The SMILES string of the molecule is CCOC(=O)Oc1ccc(C(=O)N2CCC3(CC2)CC(=O)c2c(OC)cc(OC)cc2O3)cc1. The van der Waals surface area contributed by atoms with Gasteiger partial charge in [0, 0.05) is 43.6 Å². The van der Waals surface area contributed by atoms with Crippen LogP contribution in [0, 0.1) is 0 Å². The number of likely N-dealkylation sites (tertiary alicyclic amines) is 1. The largest absolute Gasteiger partial charge is 0.513 e. The Morgan fingerprint density at radius 2 is 1.74 bits per heavy atom. The molecule has 2 aromatic rings. The van der Waals surface area contributed by atoms with Gasteiger partial charge in [0.05, 0.1) is 27.2 Å². The number of carbonyl (C=O) groups is 3. The van der Waals surface area contributed by atoms with E-state index in [4.69, 9.17) is 23.7 Å². The molecule has 0 N–H and O–H groups in total. The maximum atomic E-state index is 13.0. The average molecular weight is 469 g/mol. The highest BCUT2D eigenvalue weighted by Gasteiger charge is 2.45. The molecule has 2 aliphatic rings. The number of hydrogen-bond donors (Lipinski definition) is 0. The van der Waals surface area contributed by atoms with E-state index in [1.54, 1.807) is 55.3 Å². The van der Waals surface area contributed by atoms with Gasteiger partial charge in [-0.25, -0.2) is 4.79 Å². The lowest BCUT2D eigenvalue weighted by molar-refractivity contribution is -0.00611. The Bertz CT molecular complexity index is 1090. The van der Waals surface area contributed by atoms with Crippen LogP contribution in [-0.4, -0.2) is 62.3 Å². The predicted molar refractivity (Wildman–Crippen MR) is 121 cm³/mol. The molecule has 1 spiro atoms. The summed E-state index contributed by atoms with van der Waals surface area (Å²) in [5.74, 6) is 1.54. The first-order valence-corrected chi connectivity index (χ1v) is 11.1. The van der Waals surface area contributed by atoms with E-state index in [9.17, 15) is 14.4 Å². The highest BCUT2D eigenvalue weighted by atomic mass is 16.7. The van der Waals surface area contributed by atoms with Crippen molar-refractivity contribution < 1.29 is 38.1 Å². The number of ether oxygens (including phenoxy) is 5. The quantitative estimate of drug-likeness (QED) is 0.480. The first kappa shape index (κ1) is 23.4. The van der Waals surface area contributed by atoms with Gasteiger partial charge in [-0.15, -0.1) is 0 Å². The van der Waals surface area contributed by atoms with Gasteiger partial charge < -0.3 is 28.6 Å². The lowest BCUT2D eigenvalue weighted by Gasteiger charge is -2.44. The normalized spacial score (nSPS) is 16.3. The third-order valence-electron chi connectivity index (χ3n) is 6.11. The molecule has 1 amide bonds. The molecule has 2 aromatic carbocycles. The maximum Gasteiger partial charge on any atom is 0.513 e. The minimum atomic E-state index is -0.790. The molecule has 0 saturated carbocycles. The fourth-order valence-corrected chi connectivity index (χ4v) is 4.34. The van der Waals surface area contributed by atoms with Gasteiger partial charge in [0.15, 0.2) is 5.78 Å². The van der Waals surface area contributed by atoms with Gasteiger partial charge in [-0.3, -0.25) is 9.59 Å². The number of piperidine rings is 1. The summed E-state index contributed by atoms with van der Waals surface area (Å²) in [6.45, 7) is 2.80. The highest BCUT2D eigenvalue weighted by Crippen LogP contribution is 2.44. The second-order valence-corrected chi connectivity index (χ2v) is 8.19. The van der Waals surface area contributed by atoms with Crippen molar-refractivity contribution in [3.63, 3.8) is 0 Å². The van der Waals surface area contributed by atoms with Gasteiger partial charge in [-0.2, -0.15) is 0 Å². The summed E-state index contributed by atoms with van der Waals surface area (Å²) in [5.41, 5.74) is 0.237. The molecule has 2 aliphatic heterocycles. The van der Waals surface area contributed by atoms with Crippen LogP contribution in [-0.2, 0) is 4.74 Å². The van der Waals surface area contributed by atoms with Crippen LogP contribution in [0.3, 0.4) is 0 Å². The zero-order valence-electron chi connectivity index (χ0n) is 19.4. The van der Waals surface area contributed by atoms with Crippen molar-refractivity contribution in [2.75, 3.05) is 33.9 Å². The van der Waals surface area contributed by atoms with Crippen molar-refractivity contribution in [3.8, 4) is 23.0 Å². The van der Waals surface area contributed by atoms with Crippen LogP contribution in [0.15, 0.2) is 36.4 Å². The Kier molecular flexibility index (Phi) is 6.63. The summed E-state index contributed by atoms with van der Waals surface area (Å²) in [4.78, 5) is 39.2. The Morgan fingerprint density at radius 1 is 1.03 bits per heavy atom. The van der Waals surface area contributed by atoms with Crippen LogP contribution >= 0.6 is 0 Å². The van der Waals surface area contributed by atoms with E-state index in [1.807, 2.05) is 0 Å². The summed E-state index contributed by atoms with van der Waals surface area (Å²) in [7, 11) is 3.05. The second-order valence-electron chi connectivity index (χ2n) is 8.19. The van der Waals surface area contributed by atoms with E-state index in [2.05, 4.69) is 0 Å². The first-order chi connectivity index (χ1) is 16.4. The molecule has 2 heterocycles. The van der Waals surface area contributed by atoms with Crippen LogP contribution in [0.5, 0.6) is 23.0 Å². The topological polar surface area (TPSA) is 101 Å². The van der Waals surface area contributed by atoms with Crippen LogP contribution in [0.25, 0.3) is 0 Å². The van der Waals surface area contributed by atoms with E-state index in [0.29, 0.717) is 60.1 Å². The van der Waals surface area contributed by atoms with Crippen molar-refractivity contribution in [1.29, 1.82) is 0 Å². The summed E-state index contributed by atoms with van der Waals surface area (Å²) < 4.78 is 26.8. The molecule has 1 saturated heterocycles. The number of nitrogens with zero attached hydrogens (tertiary/aromatic N) is 1. The van der Waals surface area contributed by atoms with Crippen LogP contribution in [0.1, 0.15) is 46.9 Å². The lowest BCUT2D eigenvalue weighted by atomic mass is 9.82. The Hall–Kier alpha value is -3.75. The molecule has 0 aliphatic carbocycles. The second kappa shape index (κ2) is 9.62. The molecule has 0 radical (unpaired) electrons. The number of Topliss-reactive ketones (excluding diaryl/α,β-unsaturated/α-hetero) is 1. The third kappa shape index (κ3) is 4.64. The van der Waals surface area contributed by atoms with Crippen molar-refractivity contribution in [3.05, 3.63) is 47.5 Å². The molecule has 0 atom stereocenters. The molecule has 0 bridgehead atoms. The van der Waals surface area contributed by atoms with Gasteiger partial charge in [0.2, 0.25) is 0 Å².